The van der Waals surface area contributed by atoms with Crippen molar-refractivity contribution in [2.75, 3.05) is 19.7 Å². The molecule has 1 aliphatic rings. The van der Waals surface area contributed by atoms with Crippen LogP contribution in [-0.4, -0.2) is 61.9 Å². The summed E-state index contributed by atoms with van der Waals surface area (Å²) in [5.41, 5.74) is 1.21. The first-order valence-electron chi connectivity index (χ1n) is 13.8. The third-order valence-electron chi connectivity index (χ3n) is 6.13. The Morgan fingerprint density at radius 1 is 1.02 bits per heavy atom. The summed E-state index contributed by atoms with van der Waals surface area (Å²) < 4.78 is 38.4. The molecule has 0 radical (unpaired) electrons. The molecule has 0 aromatic heterocycles. The van der Waals surface area contributed by atoms with Crippen molar-refractivity contribution in [1.82, 2.24) is 10.6 Å². The standard InChI is InChI=1S/C29H35N2O10P/c1-21(39-26(32)23-13-6-3-7-14-23)19-38-42(36)41-25(28(34)40-27(33)24-15-10-18-30-24)16-8-9-17-31-29(35)37-20-22-11-4-2-5-12-22/h2-7,11-14,21,24-25,30H,8-10,15-20H2,1H3/p+1/t21?,24-,25?/m0/s1. The molecule has 1 heterocycles. The molecule has 1 amide bonds. The highest BCUT2D eigenvalue weighted by molar-refractivity contribution is 7.33. The lowest BCUT2D eigenvalue weighted by Gasteiger charge is -2.13. The normalized spacial score (nSPS) is 16.1. The molecule has 1 fully saturated rings. The average Bonchev–Trinajstić information content (AvgIpc) is 3.55. The first kappa shape index (κ1) is 32.8. The summed E-state index contributed by atoms with van der Waals surface area (Å²) in [6.07, 6.45) is -0.520. The van der Waals surface area contributed by atoms with Crippen LogP contribution in [-0.2, 0) is 44.0 Å². The molecule has 1 saturated heterocycles. The van der Waals surface area contributed by atoms with Gasteiger partial charge < -0.3 is 24.8 Å². The molecule has 42 heavy (non-hydrogen) atoms. The van der Waals surface area contributed by atoms with Gasteiger partial charge in [0, 0.05) is 11.1 Å². The molecule has 3 unspecified atom stereocenters. The number of rotatable bonds is 16. The van der Waals surface area contributed by atoms with Gasteiger partial charge in [0.15, 0.2) is 0 Å². The van der Waals surface area contributed by atoms with Gasteiger partial charge in [-0.2, -0.15) is 0 Å². The number of carbonyl (C=O) groups excluding carboxylic acids is 4. The molecule has 3 rings (SSSR count). The predicted octanol–water partition coefficient (Wildman–Crippen LogP) is 4.21. The van der Waals surface area contributed by atoms with Gasteiger partial charge in [-0.05, 0) is 63.3 Å². The third-order valence-corrected chi connectivity index (χ3v) is 6.92. The van der Waals surface area contributed by atoms with Gasteiger partial charge in [0.25, 0.3) is 0 Å². The lowest BCUT2D eigenvalue weighted by Crippen LogP contribution is -2.37. The van der Waals surface area contributed by atoms with Gasteiger partial charge in [0.2, 0.25) is 6.10 Å². The zero-order valence-electron chi connectivity index (χ0n) is 23.4. The smallest absolute Gasteiger partial charge is 0.456 e. The third kappa shape index (κ3) is 12.0. The van der Waals surface area contributed by atoms with Crippen molar-refractivity contribution in [3.8, 4) is 0 Å². The Kier molecular flexibility index (Phi) is 14.0. The Bertz CT molecular complexity index is 1180. The molecule has 0 bridgehead atoms. The summed E-state index contributed by atoms with van der Waals surface area (Å²) in [4.78, 5) is 49.2. The van der Waals surface area contributed by atoms with E-state index in [4.69, 9.17) is 23.3 Å². The topological polar surface area (TPSA) is 156 Å². The molecule has 0 spiro atoms. The first-order chi connectivity index (χ1) is 20.3. The highest BCUT2D eigenvalue weighted by Gasteiger charge is 2.37. The van der Waals surface area contributed by atoms with Gasteiger partial charge in [0.05, 0.1) is 5.56 Å². The maximum absolute atomic E-state index is 12.7. The van der Waals surface area contributed by atoms with Gasteiger partial charge in [-0.25, -0.2) is 19.2 Å². The van der Waals surface area contributed by atoms with Crippen molar-refractivity contribution in [3.05, 3.63) is 71.8 Å². The minimum atomic E-state index is -2.82. The van der Waals surface area contributed by atoms with E-state index in [2.05, 4.69) is 10.6 Å². The number of ether oxygens (including phenoxy) is 3. The van der Waals surface area contributed by atoms with Gasteiger partial charge in [-0.3, -0.25) is 0 Å². The SMILES string of the molecule is CC(CO[P+](=O)OC(CCCCNC(=O)OCc1ccccc1)C(=O)OC(=O)[C@@H]1CCCN1)OC(=O)c1ccccc1. The van der Waals surface area contributed by atoms with Crippen LogP contribution in [0.15, 0.2) is 60.7 Å². The van der Waals surface area contributed by atoms with E-state index in [9.17, 15) is 23.7 Å². The molecule has 2 N–H and O–H groups in total. The second-order valence-corrected chi connectivity index (χ2v) is 10.5. The molecule has 2 aromatic carbocycles. The Labute approximate surface area is 245 Å². The van der Waals surface area contributed by atoms with Crippen LogP contribution < -0.4 is 10.6 Å². The van der Waals surface area contributed by atoms with E-state index < -0.39 is 50.5 Å². The minimum Gasteiger partial charge on any atom is -0.456 e. The molecule has 12 nitrogen and oxygen atoms in total. The number of esters is 3. The molecular weight excluding hydrogens is 567 g/mol. The Morgan fingerprint density at radius 2 is 1.74 bits per heavy atom. The lowest BCUT2D eigenvalue weighted by atomic mass is 10.1. The Balaban J connectivity index is 1.43. The summed E-state index contributed by atoms with van der Waals surface area (Å²) in [6.45, 7) is 2.33. The number of alkyl carbamates (subject to hydrolysis) is 1. The molecule has 0 aliphatic carbocycles. The molecule has 1 aliphatic heterocycles. The second kappa shape index (κ2) is 18.0. The van der Waals surface area contributed by atoms with E-state index in [1.165, 1.54) is 0 Å². The van der Waals surface area contributed by atoms with Crippen LogP contribution in [0.4, 0.5) is 4.79 Å². The Morgan fingerprint density at radius 3 is 2.43 bits per heavy atom. The van der Waals surface area contributed by atoms with Crippen LogP contribution in [0.1, 0.15) is 54.9 Å². The summed E-state index contributed by atoms with van der Waals surface area (Å²) in [7, 11) is -2.82. The zero-order valence-corrected chi connectivity index (χ0v) is 24.3. The minimum absolute atomic E-state index is 0.0495. The van der Waals surface area contributed by atoms with Crippen molar-refractivity contribution < 1.29 is 47.0 Å². The molecule has 2 aromatic rings. The monoisotopic (exact) mass is 603 g/mol. The summed E-state index contributed by atoms with van der Waals surface area (Å²) >= 11 is 0. The number of amides is 1. The van der Waals surface area contributed by atoms with Crippen molar-refractivity contribution in [3.63, 3.8) is 0 Å². The predicted molar refractivity (Wildman–Crippen MR) is 150 cm³/mol. The first-order valence-corrected chi connectivity index (χ1v) is 14.9. The maximum Gasteiger partial charge on any atom is 0.698 e. The number of hydrogen-bond donors (Lipinski definition) is 2. The number of unbranched alkanes of at least 4 members (excludes halogenated alkanes) is 1. The van der Waals surface area contributed by atoms with Crippen molar-refractivity contribution >= 4 is 32.3 Å². The molecule has 0 saturated carbocycles. The molecule has 4 atom stereocenters. The van der Waals surface area contributed by atoms with Crippen LogP contribution in [0.5, 0.6) is 0 Å². The van der Waals surface area contributed by atoms with Crippen LogP contribution in [0.2, 0.25) is 0 Å². The molecular formula is C29H36N2O10P+. The maximum atomic E-state index is 12.7. The molecule has 13 heteroatoms. The fourth-order valence-electron chi connectivity index (χ4n) is 3.91. The number of benzene rings is 2. The van der Waals surface area contributed by atoms with E-state index in [0.717, 1.165) is 12.0 Å². The second-order valence-electron chi connectivity index (χ2n) is 9.57. The zero-order chi connectivity index (χ0) is 30.2. The van der Waals surface area contributed by atoms with Gasteiger partial charge in [-0.15, -0.1) is 9.05 Å². The Hall–Kier alpha value is -3.70. The quantitative estimate of drug-likeness (QED) is 0.0932. The number of hydrogen-bond acceptors (Lipinski definition) is 11. The largest absolute Gasteiger partial charge is 0.698 e. The van der Waals surface area contributed by atoms with Crippen LogP contribution in [0.25, 0.3) is 0 Å². The molecule has 226 valence electrons. The van der Waals surface area contributed by atoms with Gasteiger partial charge in [0.1, 0.15) is 25.4 Å². The number of carbonyl (C=O) groups is 4. The summed E-state index contributed by atoms with van der Waals surface area (Å²) in [6, 6.07) is 17.0. The summed E-state index contributed by atoms with van der Waals surface area (Å²) in [5, 5.41) is 5.57. The highest BCUT2D eigenvalue weighted by atomic mass is 31.1. The lowest BCUT2D eigenvalue weighted by molar-refractivity contribution is -0.166. The number of nitrogens with one attached hydrogen (secondary N) is 2. The van der Waals surface area contributed by atoms with E-state index in [1.807, 2.05) is 30.3 Å². The van der Waals surface area contributed by atoms with Gasteiger partial charge in [-0.1, -0.05) is 48.5 Å². The fourth-order valence-corrected chi connectivity index (χ4v) is 4.71. The van der Waals surface area contributed by atoms with Crippen LogP contribution in [0.3, 0.4) is 0 Å². The van der Waals surface area contributed by atoms with Crippen LogP contribution >= 0.6 is 8.25 Å². The van der Waals surface area contributed by atoms with Gasteiger partial charge >= 0.3 is 32.3 Å². The van der Waals surface area contributed by atoms with E-state index in [1.54, 1.807) is 37.3 Å². The van der Waals surface area contributed by atoms with E-state index >= 15 is 0 Å². The fraction of sp³-hybridized carbons (Fsp3) is 0.448. The van der Waals surface area contributed by atoms with E-state index in [0.29, 0.717) is 31.4 Å². The van der Waals surface area contributed by atoms with Crippen LogP contribution in [0, 0.1) is 0 Å². The summed E-state index contributed by atoms with van der Waals surface area (Å²) in [5.74, 6) is -2.29. The highest BCUT2D eigenvalue weighted by Crippen LogP contribution is 2.29. The van der Waals surface area contributed by atoms with E-state index in [-0.39, 0.29) is 26.2 Å². The van der Waals surface area contributed by atoms with Crippen molar-refractivity contribution in [1.29, 1.82) is 0 Å². The van der Waals surface area contributed by atoms with Crippen molar-refractivity contribution in [2.24, 2.45) is 0 Å². The average molecular weight is 604 g/mol. The van der Waals surface area contributed by atoms with Crippen molar-refractivity contribution in [2.45, 2.75) is 63.9 Å².